The highest BCUT2D eigenvalue weighted by Crippen LogP contribution is 2.17. The first kappa shape index (κ1) is 13.2. The molecule has 0 amide bonds. The molecule has 1 heterocycles. The fraction of sp³-hybridized carbons (Fsp3) is 0.750. The SMILES string of the molecule is CCOC(C)(C)C(Cc1nccn1C)NC. The molecule has 0 radical (unpaired) electrons. The van der Waals surface area contributed by atoms with E-state index in [0.717, 1.165) is 18.9 Å². The summed E-state index contributed by atoms with van der Waals surface area (Å²) in [6.07, 6.45) is 4.67. The maximum atomic E-state index is 5.77. The maximum Gasteiger partial charge on any atom is 0.110 e. The van der Waals surface area contributed by atoms with Gasteiger partial charge < -0.3 is 14.6 Å². The highest BCUT2D eigenvalue weighted by Gasteiger charge is 2.29. The lowest BCUT2D eigenvalue weighted by atomic mass is 9.95. The second-order valence-electron chi connectivity index (χ2n) is 4.54. The average molecular weight is 225 g/mol. The third kappa shape index (κ3) is 3.06. The molecular formula is C12H23N3O. The Morgan fingerprint density at radius 2 is 2.25 bits per heavy atom. The molecule has 0 aliphatic carbocycles. The monoisotopic (exact) mass is 225 g/mol. The summed E-state index contributed by atoms with van der Waals surface area (Å²) >= 11 is 0. The molecule has 0 bridgehead atoms. The van der Waals surface area contributed by atoms with Gasteiger partial charge in [-0.15, -0.1) is 0 Å². The minimum absolute atomic E-state index is 0.185. The van der Waals surface area contributed by atoms with Crippen LogP contribution in [-0.4, -0.2) is 34.8 Å². The second kappa shape index (κ2) is 5.46. The average Bonchev–Trinajstić information content (AvgIpc) is 2.60. The van der Waals surface area contributed by atoms with Gasteiger partial charge in [-0.3, -0.25) is 0 Å². The molecule has 4 heteroatoms. The van der Waals surface area contributed by atoms with Gasteiger partial charge in [-0.2, -0.15) is 0 Å². The molecule has 92 valence electrons. The van der Waals surface area contributed by atoms with E-state index in [4.69, 9.17) is 4.74 Å². The van der Waals surface area contributed by atoms with Crippen LogP contribution in [0.5, 0.6) is 0 Å². The number of ether oxygens (including phenoxy) is 1. The van der Waals surface area contributed by atoms with Crippen molar-refractivity contribution in [3.05, 3.63) is 18.2 Å². The molecule has 4 nitrogen and oxygen atoms in total. The lowest BCUT2D eigenvalue weighted by Gasteiger charge is -2.33. The van der Waals surface area contributed by atoms with Crippen molar-refractivity contribution in [2.24, 2.45) is 7.05 Å². The number of aromatic nitrogens is 2. The Kier molecular flexibility index (Phi) is 4.50. The van der Waals surface area contributed by atoms with Crippen LogP contribution in [0.1, 0.15) is 26.6 Å². The first-order chi connectivity index (χ1) is 7.51. The first-order valence-corrected chi connectivity index (χ1v) is 5.78. The van der Waals surface area contributed by atoms with Crippen molar-refractivity contribution in [1.82, 2.24) is 14.9 Å². The summed E-state index contributed by atoms with van der Waals surface area (Å²) in [6, 6.07) is 0.258. The minimum atomic E-state index is -0.185. The predicted octanol–water partition coefficient (Wildman–Crippen LogP) is 1.37. The fourth-order valence-electron chi connectivity index (χ4n) is 1.94. The molecule has 0 aromatic carbocycles. The zero-order chi connectivity index (χ0) is 12.2. The van der Waals surface area contributed by atoms with Crippen molar-refractivity contribution in [1.29, 1.82) is 0 Å². The van der Waals surface area contributed by atoms with Crippen molar-refractivity contribution in [2.45, 2.75) is 38.8 Å². The van der Waals surface area contributed by atoms with Crippen LogP contribution < -0.4 is 5.32 Å². The molecule has 1 N–H and O–H groups in total. The van der Waals surface area contributed by atoms with E-state index in [-0.39, 0.29) is 11.6 Å². The van der Waals surface area contributed by atoms with E-state index < -0.39 is 0 Å². The van der Waals surface area contributed by atoms with Gasteiger partial charge in [0.2, 0.25) is 0 Å². The maximum absolute atomic E-state index is 5.77. The van der Waals surface area contributed by atoms with Gasteiger partial charge >= 0.3 is 0 Å². The number of aryl methyl sites for hydroxylation is 1. The lowest BCUT2D eigenvalue weighted by Crippen LogP contribution is -2.49. The largest absolute Gasteiger partial charge is 0.374 e. The summed E-state index contributed by atoms with van der Waals surface area (Å²) < 4.78 is 7.82. The topological polar surface area (TPSA) is 39.1 Å². The van der Waals surface area contributed by atoms with E-state index >= 15 is 0 Å². The number of imidazole rings is 1. The molecule has 1 atom stereocenters. The Bertz CT molecular complexity index is 320. The number of nitrogens with one attached hydrogen (secondary N) is 1. The van der Waals surface area contributed by atoms with Crippen molar-refractivity contribution >= 4 is 0 Å². The van der Waals surface area contributed by atoms with Gasteiger partial charge in [0.25, 0.3) is 0 Å². The molecule has 1 aromatic rings. The smallest absolute Gasteiger partial charge is 0.110 e. The molecule has 0 aliphatic rings. The number of hydrogen-bond donors (Lipinski definition) is 1. The van der Waals surface area contributed by atoms with E-state index in [0.29, 0.717) is 0 Å². The number of rotatable bonds is 6. The summed E-state index contributed by atoms with van der Waals surface area (Å²) in [4.78, 5) is 4.34. The standard InChI is InChI=1S/C12H23N3O/c1-6-16-12(2,3)10(13-4)9-11-14-7-8-15(11)5/h7-8,10,13H,6,9H2,1-5H3. The molecule has 0 aliphatic heterocycles. The van der Waals surface area contributed by atoms with Crippen LogP contribution in [0, 0.1) is 0 Å². The Morgan fingerprint density at radius 1 is 1.56 bits per heavy atom. The zero-order valence-corrected chi connectivity index (χ0v) is 10.9. The van der Waals surface area contributed by atoms with Crippen LogP contribution >= 0.6 is 0 Å². The molecule has 0 spiro atoms. The lowest BCUT2D eigenvalue weighted by molar-refractivity contribution is -0.0368. The third-order valence-corrected chi connectivity index (χ3v) is 3.01. The summed E-state index contributed by atoms with van der Waals surface area (Å²) in [6.45, 7) is 6.97. The van der Waals surface area contributed by atoms with Crippen molar-refractivity contribution in [2.75, 3.05) is 13.7 Å². The van der Waals surface area contributed by atoms with Crippen LogP contribution in [0.25, 0.3) is 0 Å². The quantitative estimate of drug-likeness (QED) is 0.794. The van der Waals surface area contributed by atoms with E-state index in [1.54, 1.807) is 0 Å². The minimum Gasteiger partial charge on any atom is -0.374 e. The predicted molar refractivity (Wildman–Crippen MR) is 65.5 cm³/mol. The molecule has 0 saturated heterocycles. The van der Waals surface area contributed by atoms with E-state index in [1.165, 1.54) is 0 Å². The number of hydrogen-bond acceptors (Lipinski definition) is 3. The highest BCUT2D eigenvalue weighted by atomic mass is 16.5. The molecule has 1 unspecified atom stereocenters. The van der Waals surface area contributed by atoms with Crippen LogP contribution in [0.15, 0.2) is 12.4 Å². The first-order valence-electron chi connectivity index (χ1n) is 5.78. The van der Waals surface area contributed by atoms with Gasteiger partial charge in [-0.25, -0.2) is 4.98 Å². The van der Waals surface area contributed by atoms with Gasteiger partial charge in [-0.05, 0) is 27.8 Å². The Hall–Kier alpha value is -0.870. The number of likely N-dealkylation sites (N-methyl/N-ethyl adjacent to an activating group) is 1. The van der Waals surface area contributed by atoms with Crippen LogP contribution in [-0.2, 0) is 18.2 Å². The Labute approximate surface area is 98.0 Å². The molecule has 16 heavy (non-hydrogen) atoms. The highest BCUT2D eigenvalue weighted by molar-refractivity contribution is 4.98. The normalized spacial score (nSPS) is 14.1. The molecule has 0 saturated carbocycles. The van der Waals surface area contributed by atoms with E-state index in [2.05, 4.69) is 24.1 Å². The molecule has 1 aromatic heterocycles. The van der Waals surface area contributed by atoms with Crippen LogP contribution in [0.4, 0.5) is 0 Å². The molecule has 0 fully saturated rings. The Morgan fingerprint density at radius 3 is 2.69 bits per heavy atom. The van der Waals surface area contributed by atoms with Crippen molar-refractivity contribution in [3.63, 3.8) is 0 Å². The van der Waals surface area contributed by atoms with Gasteiger partial charge in [0.15, 0.2) is 0 Å². The summed E-state index contributed by atoms with van der Waals surface area (Å²) in [5, 5.41) is 3.31. The van der Waals surface area contributed by atoms with Gasteiger partial charge in [0, 0.05) is 38.5 Å². The van der Waals surface area contributed by atoms with Gasteiger partial charge in [-0.1, -0.05) is 0 Å². The van der Waals surface area contributed by atoms with Gasteiger partial charge in [0.05, 0.1) is 5.60 Å². The second-order valence-corrected chi connectivity index (χ2v) is 4.54. The number of nitrogens with zero attached hydrogens (tertiary/aromatic N) is 2. The summed E-state index contributed by atoms with van der Waals surface area (Å²) in [5.74, 6) is 1.08. The van der Waals surface area contributed by atoms with E-state index in [1.807, 2.05) is 38.0 Å². The van der Waals surface area contributed by atoms with Crippen molar-refractivity contribution in [3.8, 4) is 0 Å². The third-order valence-electron chi connectivity index (χ3n) is 3.01. The fourth-order valence-corrected chi connectivity index (χ4v) is 1.94. The van der Waals surface area contributed by atoms with Crippen LogP contribution in [0.2, 0.25) is 0 Å². The van der Waals surface area contributed by atoms with Crippen molar-refractivity contribution < 1.29 is 4.74 Å². The van der Waals surface area contributed by atoms with Gasteiger partial charge in [0.1, 0.15) is 5.82 Å². The zero-order valence-electron chi connectivity index (χ0n) is 10.9. The summed E-state index contributed by atoms with van der Waals surface area (Å²) in [5.41, 5.74) is -0.185. The summed E-state index contributed by atoms with van der Waals surface area (Å²) in [7, 11) is 3.98. The van der Waals surface area contributed by atoms with Crippen LogP contribution in [0.3, 0.4) is 0 Å². The molecule has 1 rings (SSSR count). The Balaban J connectivity index is 2.72. The molecular weight excluding hydrogens is 202 g/mol. The van der Waals surface area contributed by atoms with E-state index in [9.17, 15) is 0 Å².